The molecule has 2 aromatic carbocycles. The minimum absolute atomic E-state index is 0.00872. The standard InChI is InChI=1S/C24H25F3O3/c1-5-15-7-8-16(30-21-9-6-14(2)10-18(21)24(25,26)27)11-17(15)22-19(28)12-23(3,4)13-20(22)29/h6-11,28H,5,12-13H2,1-4H3. The first-order valence-corrected chi connectivity index (χ1v) is 9.85. The normalized spacial score (nSPS) is 16.7. The van der Waals surface area contributed by atoms with E-state index in [9.17, 15) is 23.1 Å². The molecule has 0 spiro atoms. The lowest BCUT2D eigenvalue weighted by molar-refractivity contribution is -0.138. The molecule has 0 amide bonds. The number of aryl methyl sites for hydroxylation is 2. The number of aliphatic hydroxyl groups excluding tert-OH is 1. The lowest BCUT2D eigenvalue weighted by atomic mass is 9.74. The fraction of sp³-hybridized carbons (Fsp3) is 0.375. The smallest absolute Gasteiger partial charge is 0.419 e. The number of hydrogen-bond acceptors (Lipinski definition) is 3. The van der Waals surface area contributed by atoms with Gasteiger partial charge in [-0.05, 0) is 54.2 Å². The van der Waals surface area contributed by atoms with Gasteiger partial charge in [0.1, 0.15) is 17.3 Å². The molecule has 0 aliphatic heterocycles. The molecule has 0 fully saturated rings. The van der Waals surface area contributed by atoms with Crippen LogP contribution in [-0.2, 0) is 17.4 Å². The van der Waals surface area contributed by atoms with Gasteiger partial charge in [-0.1, -0.05) is 38.5 Å². The Morgan fingerprint density at radius 2 is 1.80 bits per heavy atom. The van der Waals surface area contributed by atoms with Gasteiger partial charge >= 0.3 is 6.18 Å². The summed E-state index contributed by atoms with van der Waals surface area (Å²) in [6, 6.07) is 8.72. The number of carbonyl (C=O) groups is 1. The molecule has 3 rings (SSSR count). The van der Waals surface area contributed by atoms with Gasteiger partial charge in [-0.3, -0.25) is 4.79 Å². The summed E-state index contributed by atoms with van der Waals surface area (Å²) in [6.07, 6.45) is -3.31. The van der Waals surface area contributed by atoms with Gasteiger partial charge in [-0.25, -0.2) is 0 Å². The minimum atomic E-state index is -4.56. The molecule has 1 aliphatic rings. The third-order valence-electron chi connectivity index (χ3n) is 5.25. The number of rotatable bonds is 4. The molecule has 0 atom stereocenters. The van der Waals surface area contributed by atoms with Crippen LogP contribution in [0.3, 0.4) is 0 Å². The quantitative estimate of drug-likeness (QED) is 0.580. The van der Waals surface area contributed by atoms with Crippen molar-refractivity contribution in [1.82, 2.24) is 0 Å². The van der Waals surface area contributed by atoms with E-state index in [1.54, 1.807) is 31.2 Å². The first-order chi connectivity index (χ1) is 13.9. The third-order valence-corrected chi connectivity index (χ3v) is 5.25. The average molecular weight is 418 g/mol. The first-order valence-electron chi connectivity index (χ1n) is 9.85. The molecule has 0 unspecified atom stereocenters. The molecule has 30 heavy (non-hydrogen) atoms. The van der Waals surface area contributed by atoms with Gasteiger partial charge in [0, 0.05) is 12.8 Å². The number of carbonyl (C=O) groups excluding carboxylic acids is 1. The summed E-state index contributed by atoms with van der Waals surface area (Å²) in [5.41, 5.74) is 0.833. The molecule has 3 nitrogen and oxygen atoms in total. The van der Waals surface area contributed by atoms with Crippen LogP contribution >= 0.6 is 0 Å². The lowest BCUT2D eigenvalue weighted by Gasteiger charge is -2.30. The monoisotopic (exact) mass is 418 g/mol. The Kier molecular flexibility index (Phi) is 5.72. The highest BCUT2D eigenvalue weighted by molar-refractivity contribution is 6.22. The van der Waals surface area contributed by atoms with Crippen LogP contribution in [-0.4, -0.2) is 10.9 Å². The van der Waals surface area contributed by atoms with E-state index < -0.39 is 11.7 Å². The predicted molar refractivity (Wildman–Crippen MR) is 110 cm³/mol. The Bertz CT molecular complexity index is 1020. The Balaban J connectivity index is 2.07. The molecule has 160 valence electrons. The van der Waals surface area contributed by atoms with E-state index in [1.807, 2.05) is 20.8 Å². The zero-order valence-corrected chi connectivity index (χ0v) is 17.5. The maximum absolute atomic E-state index is 13.4. The Morgan fingerprint density at radius 1 is 1.10 bits per heavy atom. The number of alkyl halides is 3. The van der Waals surface area contributed by atoms with Crippen LogP contribution in [0.25, 0.3) is 5.57 Å². The molecule has 2 aromatic rings. The van der Waals surface area contributed by atoms with Crippen LogP contribution in [0.1, 0.15) is 55.9 Å². The topological polar surface area (TPSA) is 46.5 Å². The zero-order chi connectivity index (χ0) is 22.3. The Morgan fingerprint density at radius 3 is 2.40 bits per heavy atom. The summed E-state index contributed by atoms with van der Waals surface area (Å²) in [5, 5.41) is 10.6. The van der Waals surface area contributed by atoms with Crippen molar-refractivity contribution in [2.24, 2.45) is 5.41 Å². The second-order valence-electron chi connectivity index (χ2n) is 8.53. The maximum Gasteiger partial charge on any atom is 0.419 e. The van der Waals surface area contributed by atoms with Crippen molar-refractivity contribution in [2.45, 2.75) is 53.1 Å². The van der Waals surface area contributed by atoms with Gasteiger partial charge < -0.3 is 9.84 Å². The Labute approximate surface area is 174 Å². The number of Topliss-reactive ketones (excluding diaryl/α,β-unsaturated/α-hetero) is 1. The van der Waals surface area contributed by atoms with Crippen LogP contribution < -0.4 is 4.74 Å². The molecule has 6 heteroatoms. The summed E-state index contributed by atoms with van der Waals surface area (Å²) < 4.78 is 45.9. The molecule has 0 bridgehead atoms. The molecular formula is C24H25F3O3. The molecule has 0 saturated carbocycles. The maximum atomic E-state index is 13.4. The van der Waals surface area contributed by atoms with E-state index >= 15 is 0 Å². The van der Waals surface area contributed by atoms with Gasteiger partial charge in [-0.2, -0.15) is 13.2 Å². The van der Waals surface area contributed by atoms with Crippen molar-refractivity contribution >= 4 is 11.4 Å². The summed E-state index contributed by atoms with van der Waals surface area (Å²) in [5.74, 6) is -0.302. The molecule has 0 aromatic heterocycles. The second-order valence-corrected chi connectivity index (χ2v) is 8.53. The number of hydrogen-bond donors (Lipinski definition) is 1. The van der Waals surface area contributed by atoms with Crippen LogP contribution in [0.15, 0.2) is 42.2 Å². The van der Waals surface area contributed by atoms with Gasteiger partial charge in [0.2, 0.25) is 0 Å². The largest absolute Gasteiger partial charge is 0.512 e. The fourth-order valence-electron chi connectivity index (χ4n) is 3.84. The molecule has 0 saturated heterocycles. The Hall–Kier alpha value is -2.76. The highest BCUT2D eigenvalue weighted by Gasteiger charge is 2.36. The van der Waals surface area contributed by atoms with E-state index in [4.69, 9.17) is 4.74 Å². The van der Waals surface area contributed by atoms with Crippen LogP contribution in [0, 0.1) is 12.3 Å². The average Bonchev–Trinajstić information content (AvgIpc) is 2.61. The predicted octanol–water partition coefficient (Wildman–Crippen LogP) is 7.03. The number of aliphatic hydroxyl groups is 1. The van der Waals surface area contributed by atoms with Crippen molar-refractivity contribution < 1.29 is 27.8 Å². The summed E-state index contributed by atoms with van der Waals surface area (Å²) in [4.78, 5) is 12.8. The van der Waals surface area contributed by atoms with E-state index in [0.29, 0.717) is 24.0 Å². The van der Waals surface area contributed by atoms with Gasteiger partial charge in [0.25, 0.3) is 0 Å². The molecule has 1 aliphatic carbocycles. The number of allylic oxidation sites excluding steroid dienone is 2. The number of ether oxygens (including phenoxy) is 1. The van der Waals surface area contributed by atoms with E-state index in [-0.39, 0.29) is 40.5 Å². The van der Waals surface area contributed by atoms with Crippen LogP contribution in [0.5, 0.6) is 11.5 Å². The third kappa shape index (κ3) is 4.53. The number of ketones is 1. The van der Waals surface area contributed by atoms with Crippen LogP contribution in [0.4, 0.5) is 13.2 Å². The highest BCUT2D eigenvalue weighted by atomic mass is 19.4. The van der Waals surface area contributed by atoms with Crippen molar-refractivity contribution in [3.63, 3.8) is 0 Å². The second kappa shape index (κ2) is 7.82. The van der Waals surface area contributed by atoms with Gasteiger partial charge in [0.15, 0.2) is 5.78 Å². The SMILES string of the molecule is CCc1ccc(Oc2ccc(C)cc2C(F)(F)F)cc1C1=C(O)CC(C)(C)CC1=O. The van der Waals surface area contributed by atoms with Crippen molar-refractivity contribution in [3.8, 4) is 11.5 Å². The molecule has 0 radical (unpaired) electrons. The minimum Gasteiger partial charge on any atom is -0.512 e. The summed E-state index contributed by atoms with van der Waals surface area (Å²) >= 11 is 0. The van der Waals surface area contributed by atoms with E-state index in [1.165, 1.54) is 6.07 Å². The van der Waals surface area contributed by atoms with Crippen molar-refractivity contribution in [1.29, 1.82) is 0 Å². The van der Waals surface area contributed by atoms with Crippen molar-refractivity contribution in [2.75, 3.05) is 0 Å². The molecule has 1 N–H and O–H groups in total. The van der Waals surface area contributed by atoms with Gasteiger partial charge in [-0.15, -0.1) is 0 Å². The van der Waals surface area contributed by atoms with Crippen molar-refractivity contribution in [3.05, 3.63) is 64.4 Å². The first kappa shape index (κ1) is 21.9. The lowest BCUT2D eigenvalue weighted by Crippen LogP contribution is -2.25. The molecule has 0 heterocycles. The molecular weight excluding hydrogens is 393 g/mol. The van der Waals surface area contributed by atoms with E-state index in [0.717, 1.165) is 11.6 Å². The van der Waals surface area contributed by atoms with Crippen LogP contribution in [0.2, 0.25) is 0 Å². The fourth-order valence-corrected chi connectivity index (χ4v) is 3.84. The number of halogens is 3. The highest BCUT2D eigenvalue weighted by Crippen LogP contribution is 2.42. The summed E-state index contributed by atoms with van der Waals surface area (Å²) in [6.45, 7) is 7.32. The van der Waals surface area contributed by atoms with E-state index in [2.05, 4.69) is 0 Å². The summed E-state index contributed by atoms with van der Waals surface area (Å²) in [7, 11) is 0. The number of benzene rings is 2. The zero-order valence-electron chi connectivity index (χ0n) is 17.5. The van der Waals surface area contributed by atoms with Gasteiger partial charge in [0.05, 0.1) is 11.1 Å².